The molecule has 0 saturated carbocycles. The molecule has 136 valence electrons. The van der Waals surface area contributed by atoms with Crippen LogP contribution in [0.4, 0.5) is 4.39 Å². The summed E-state index contributed by atoms with van der Waals surface area (Å²) >= 11 is 0. The molecule has 0 unspecified atom stereocenters. The molecule has 0 aliphatic carbocycles. The number of rotatable bonds is 2. The highest BCUT2D eigenvalue weighted by Crippen LogP contribution is 2.41. The number of halogens is 1. The minimum atomic E-state index is -2.72. The van der Waals surface area contributed by atoms with E-state index in [4.69, 9.17) is 8.22 Å². The van der Waals surface area contributed by atoms with Gasteiger partial charge in [-0.3, -0.25) is 14.8 Å². The van der Waals surface area contributed by atoms with Crippen LogP contribution in [0.2, 0.25) is 0 Å². The Labute approximate surface area is 163 Å². The maximum atomic E-state index is 13.5. The summed E-state index contributed by atoms with van der Waals surface area (Å²) < 4.78 is 63.2. The molecule has 0 saturated heterocycles. The van der Waals surface area contributed by atoms with Gasteiger partial charge in [0.2, 0.25) is 0 Å². The SMILES string of the molecule is [2H]C([2H])([2H])C1(C([2H])([2H])[2H])CCc2c(-c3ccnc4[nH]ncc34)c(-c3ccc(F)cn3)nn2C1. The number of hydrogen-bond acceptors (Lipinski definition) is 4. The van der Waals surface area contributed by atoms with Gasteiger partial charge in [0.1, 0.15) is 11.5 Å². The lowest BCUT2D eigenvalue weighted by Crippen LogP contribution is -2.27. The Bertz CT molecular complexity index is 1320. The highest BCUT2D eigenvalue weighted by molar-refractivity contribution is 5.97. The number of aromatic amines is 1. The van der Waals surface area contributed by atoms with Crippen LogP contribution in [0.1, 0.15) is 34.0 Å². The maximum absolute atomic E-state index is 13.5. The molecule has 0 fully saturated rings. The fourth-order valence-corrected chi connectivity index (χ4v) is 3.60. The van der Waals surface area contributed by atoms with Crippen molar-refractivity contribution in [2.24, 2.45) is 5.41 Å². The first-order valence-corrected chi connectivity index (χ1v) is 8.52. The summed E-state index contributed by atoms with van der Waals surface area (Å²) in [6.07, 6.45) is 4.44. The Kier molecular flexibility index (Phi) is 2.31. The summed E-state index contributed by atoms with van der Waals surface area (Å²) in [4.78, 5) is 8.43. The van der Waals surface area contributed by atoms with Gasteiger partial charge in [-0.1, -0.05) is 13.7 Å². The van der Waals surface area contributed by atoms with Gasteiger partial charge in [-0.2, -0.15) is 10.2 Å². The van der Waals surface area contributed by atoms with Crippen molar-refractivity contribution in [3.8, 4) is 22.5 Å². The van der Waals surface area contributed by atoms with Gasteiger partial charge in [0, 0.05) is 37.6 Å². The van der Waals surface area contributed by atoms with Crippen LogP contribution in [0.15, 0.2) is 36.8 Å². The standard InChI is InChI=1S/C20H19FN6/c1-20(2)7-5-16-17(13-6-8-22-19-14(13)10-24-25-19)18(26-27(16)11-20)15-4-3-12(21)9-23-15/h3-4,6,8-10H,5,7,11H2,1-2H3,(H,22,24,25)/i1D3,2D3. The largest absolute Gasteiger partial charge is 0.268 e. The van der Waals surface area contributed by atoms with E-state index in [1.54, 1.807) is 18.5 Å². The van der Waals surface area contributed by atoms with Crippen molar-refractivity contribution in [1.82, 2.24) is 29.9 Å². The molecule has 0 radical (unpaired) electrons. The molecule has 6 nitrogen and oxygen atoms in total. The van der Waals surface area contributed by atoms with Crippen molar-refractivity contribution in [2.75, 3.05) is 0 Å². The highest BCUT2D eigenvalue weighted by Gasteiger charge is 2.31. The zero-order chi connectivity index (χ0) is 23.6. The van der Waals surface area contributed by atoms with E-state index in [1.165, 1.54) is 16.8 Å². The number of nitrogens with one attached hydrogen (secondary N) is 1. The molecule has 4 aromatic rings. The normalized spacial score (nSPS) is 20.0. The van der Waals surface area contributed by atoms with Crippen molar-refractivity contribution in [3.05, 3.63) is 48.3 Å². The fraction of sp³-hybridized carbons (Fsp3) is 0.300. The van der Waals surface area contributed by atoms with Gasteiger partial charge in [0.25, 0.3) is 0 Å². The van der Waals surface area contributed by atoms with Gasteiger partial charge in [0.05, 0.1) is 18.1 Å². The zero-order valence-electron chi connectivity index (χ0n) is 20.2. The van der Waals surface area contributed by atoms with E-state index in [-0.39, 0.29) is 19.4 Å². The Balaban J connectivity index is 1.77. The van der Waals surface area contributed by atoms with Gasteiger partial charge in [-0.25, -0.2) is 9.37 Å². The van der Waals surface area contributed by atoms with Crippen molar-refractivity contribution in [2.45, 2.75) is 33.1 Å². The first-order valence-electron chi connectivity index (χ1n) is 11.5. The minimum absolute atomic E-state index is 0.0609. The molecule has 0 spiro atoms. The first-order chi connectivity index (χ1) is 15.5. The Morgan fingerprint density at radius 3 is 2.96 bits per heavy atom. The Morgan fingerprint density at radius 1 is 1.22 bits per heavy atom. The lowest BCUT2D eigenvalue weighted by molar-refractivity contribution is 0.235. The molecule has 5 rings (SSSR count). The van der Waals surface area contributed by atoms with E-state index >= 15 is 0 Å². The summed E-state index contributed by atoms with van der Waals surface area (Å²) in [5.74, 6) is -0.505. The van der Waals surface area contributed by atoms with E-state index in [9.17, 15) is 4.39 Å². The van der Waals surface area contributed by atoms with E-state index in [0.717, 1.165) is 17.1 Å². The predicted molar refractivity (Wildman–Crippen MR) is 100 cm³/mol. The minimum Gasteiger partial charge on any atom is -0.268 e. The molecule has 1 aliphatic rings. The van der Waals surface area contributed by atoms with Crippen LogP contribution in [0.3, 0.4) is 0 Å². The Hall–Kier alpha value is -3.09. The number of aromatic nitrogens is 6. The summed E-state index contributed by atoms with van der Waals surface area (Å²) in [7, 11) is 0. The summed E-state index contributed by atoms with van der Waals surface area (Å²) in [6.45, 7) is -5.74. The molecular formula is C20H19FN6. The number of H-pyrrole nitrogens is 1. The number of hydrogen-bond donors (Lipinski definition) is 1. The summed E-state index contributed by atoms with van der Waals surface area (Å²) in [5.41, 5.74) is 1.52. The molecule has 0 aromatic carbocycles. The number of nitrogens with zero attached hydrogens (tertiary/aromatic N) is 5. The maximum Gasteiger partial charge on any atom is 0.155 e. The second-order valence-electron chi connectivity index (χ2n) is 6.76. The van der Waals surface area contributed by atoms with E-state index < -0.39 is 24.9 Å². The molecule has 7 heteroatoms. The molecule has 1 N–H and O–H groups in total. The van der Waals surface area contributed by atoms with Crippen LogP contribution < -0.4 is 0 Å². The second-order valence-corrected chi connectivity index (χ2v) is 6.76. The van der Waals surface area contributed by atoms with Crippen LogP contribution >= 0.6 is 0 Å². The van der Waals surface area contributed by atoms with Crippen LogP contribution in [0.5, 0.6) is 0 Å². The van der Waals surface area contributed by atoms with Crippen LogP contribution in [-0.4, -0.2) is 29.9 Å². The van der Waals surface area contributed by atoms with Gasteiger partial charge in [-0.15, -0.1) is 0 Å². The average molecular weight is 368 g/mol. The molecule has 4 aromatic heterocycles. The average Bonchev–Trinajstić information content (AvgIpc) is 3.36. The molecule has 0 amide bonds. The fourth-order valence-electron chi connectivity index (χ4n) is 3.60. The molecule has 0 atom stereocenters. The molecule has 5 heterocycles. The lowest BCUT2D eigenvalue weighted by Gasteiger charge is -2.30. The van der Waals surface area contributed by atoms with Crippen LogP contribution in [-0.2, 0) is 13.0 Å². The monoisotopic (exact) mass is 368 g/mol. The van der Waals surface area contributed by atoms with Crippen molar-refractivity contribution in [1.29, 1.82) is 0 Å². The van der Waals surface area contributed by atoms with Crippen LogP contribution in [0, 0.1) is 11.2 Å². The van der Waals surface area contributed by atoms with Crippen LogP contribution in [0.25, 0.3) is 33.5 Å². The molecular weight excluding hydrogens is 343 g/mol. The van der Waals surface area contributed by atoms with E-state index in [0.29, 0.717) is 28.3 Å². The first kappa shape index (κ1) is 10.9. The third kappa shape index (κ3) is 2.61. The number of fused-ring (bicyclic) bond motifs is 2. The third-order valence-corrected chi connectivity index (χ3v) is 4.86. The van der Waals surface area contributed by atoms with E-state index in [2.05, 4.69) is 25.3 Å². The van der Waals surface area contributed by atoms with E-state index in [1.807, 2.05) is 0 Å². The zero-order valence-corrected chi connectivity index (χ0v) is 14.2. The Morgan fingerprint density at radius 2 is 2.15 bits per heavy atom. The quantitative estimate of drug-likeness (QED) is 0.580. The van der Waals surface area contributed by atoms with Crippen molar-refractivity contribution in [3.63, 3.8) is 0 Å². The molecule has 27 heavy (non-hydrogen) atoms. The lowest BCUT2D eigenvalue weighted by atomic mass is 9.83. The van der Waals surface area contributed by atoms with Gasteiger partial charge < -0.3 is 0 Å². The highest BCUT2D eigenvalue weighted by atomic mass is 19.1. The summed E-state index contributed by atoms with van der Waals surface area (Å²) in [6, 6.07) is 4.54. The van der Waals surface area contributed by atoms with Gasteiger partial charge in [0.15, 0.2) is 5.65 Å². The van der Waals surface area contributed by atoms with Crippen molar-refractivity contribution >= 4 is 11.0 Å². The van der Waals surface area contributed by atoms with Gasteiger partial charge in [-0.05, 0) is 42.0 Å². The smallest absolute Gasteiger partial charge is 0.155 e. The topological polar surface area (TPSA) is 72.3 Å². The molecule has 0 bridgehead atoms. The predicted octanol–water partition coefficient (Wildman–Crippen LogP) is 3.99. The summed E-state index contributed by atoms with van der Waals surface area (Å²) in [5, 5.41) is 12.2. The third-order valence-electron chi connectivity index (χ3n) is 4.86. The second kappa shape index (κ2) is 5.70. The van der Waals surface area contributed by atoms with Crippen molar-refractivity contribution < 1.29 is 12.6 Å². The van der Waals surface area contributed by atoms with Gasteiger partial charge >= 0.3 is 0 Å². The number of pyridine rings is 2. The molecule has 1 aliphatic heterocycles.